The van der Waals surface area contributed by atoms with Gasteiger partial charge in [0.25, 0.3) is 0 Å². The summed E-state index contributed by atoms with van der Waals surface area (Å²) in [4.78, 5) is 10.9. The van der Waals surface area contributed by atoms with Crippen LogP contribution in [-0.4, -0.2) is 19.1 Å². The summed E-state index contributed by atoms with van der Waals surface area (Å²) < 4.78 is 11.0. The van der Waals surface area contributed by atoms with Crippen LogP contribution in [-0.2, 0) is 0 Å². The lowest BCUT2D eigenvalue weighted by molar-refractivity contribution is 0.669. The SMILES string of the molecule is c1ccc(-c2nc(-c3ccc(-c4cccc5oc6ccccc6c45)cc3)c3c(n2)c2cc(-c4ccc5c(c4)c4ccccc4n5-c4ccccc4)ccc2n3-c2ccccc2)cc1. The molecule has 0 atom stereocenters. The average molecular weight is 805 g/mol. The van der Waals surface area contributed by atoms with Gasteiger partial charge in [-0.3, -0.25) is 0 Å². The van der Waals surface area contributed by atoms with E-state index >= 15 is 0 Å². The maximum atomic E-state index is 6.26. The number of rotatable bonds is 6. The van der Waals surface area contributed by atoms with E-state index in [1.807, 2.05) is 36.4 Å². The Labute approximate surface area is 362 Å². The van der Waals surface area contributed by atoms with Crippen molar-refractivity contribution in [2.24, 2.45) is 0 Å². The summed E-state index contributed by atoms with van der Waals surface area (Å²) >= 11 is 0. The van der Waals surface area contributed by atoms with Crippen molar-refractivity contribution in [3.8, 4) is 56.3 Å². The van der Waals surface area contributed by atoms with Crippen LogP contribution in [0.25, 0.3) is 122 Å². The first-order valence-corrected chi connectivity index (χ1v) is 21.3. The fourth-order valence-corrected chi connectivity index (χ4v) is 9.67. The largest absolute Gasteiger partial charge is 0.456 e. The third-order valence-electron chi connectivity index (χ3n) is 12.5. The summed E-state index contributed by atoms with van der Waals surface area (Å²) in [5.74, 6) is 0.685. The van der Waals surface area contributed by atoms with Gasteiger partial charge in [0.05, 0.1) is 27.8 Å². The highest BCUT2D eigenvalue weighted by molar-refractivity contribution is 6.15. The van der Waals surface area contributed by atoms with Crippen LogP contribution in [0.4, 0.5) is 0 Å². The molecule has 13 aromatic rings. The van der Waals surface area contributed by atoms with Crippen molar-refractivity contribution in [3.63, 3.8) is 0 Å². The zero-order valence-electron chi connectivity index (χ0n) is 34.0. The summed E-state index contributed by atoms with van der Waals surface area (Å²) in [5.41, 5.74) is 16.6. The Morgan fingerprint density at radius 2 is 0.905 bits per heavy atom. The van der Waals surface area contributed by atoms with Crippen molar-refractivity contribution in [2.75, 3.05) is 0 Å². The maximum absolute atomic E-state index is 6.26. The van der Waals surface area contributed by atoms with Crippen LogP contribution in [0, 0.1) is 0 Å². The second kappa shape index (κ2) is 14.0. The lowest BCUT2D eigenvalue weighted by Gasteiger charge is -2.13. The van der Waals surface area contributed by atoms with Crippen molar-refractivity contribution >= 4 is 65.7 Å². The molecule has 4 heterocycles. The molecule has 0 saturated carbocycles. The normalized spacial score (nSPS) is 11.8. The Balaban J connectivity index is 1.03. The van der Waals surface area contributed by atoms with Crippen molar-refractivity contribution in [2.45, 2.75) is 0 Å². The Kier molecular flexibility index (Phi) is 7.84. The third-order valence-corrected chi connectivity index (χ3v) is 12.5. The smallest absolute Gasteiger partial charge is 0.160 e. The number of furan rings is 1. The van der Waals surface area contributed by atoms with E-state index in [1.165, 1.54) is 21.8 Å². The van der Waals surface area contributed by atoms with Gasteiger partial charge in [0.15, 0.2) is 5.82 Å². The highest BCUT2D eigenvalue weighted by Gasteiger charge is 2.23. The lowest BCUT2D eigenvalue weighted by Crippen LogP contribution is -1.99. The van der Waals surface area contributed by atoms with Crippen LogP contribution in [0.15, 0.2) is 223 Å². The summed E-state index contributed by atoms with van der Waals surface area (Å²) in [6, 6.07) is 77.3. The van der Waals surface area contributed by atoms with E-state index in [1.54, 1.807) is 0 Å². The van der Waals surface area contributed by atoms with E-state index in [0.717, 1.165) is 94.3 Å². The predicted octanol–water partition coefficient (Wildman–Crippen LogP) is 15.2. The maximum Gasteiger partial charge on any atom is 0.160 e. The van der Waals surface area contributed by atoms with Crippen LogP contribution in [0.2, 0.25) is 0 Å². The minimum atomic E-state index is 0.685. The van der Waals surface area contributed by atoms with Gasteiger partial charge in [0.2, 0.25) is 0 Å². The average Bonchev–Trinajstić information content (AvgIpc) is 4.02. The monoisotopic (exact) mass is 804 g/mol. The number of aromatic nitrogens is 4. The van der Waals surface area contributed by atoms with E-state index in [4.69, 9.17) is 14.4 Å². The van der Waals surface area contributed by atoms with Gasteiger partial charge in [-0.15, -0.1) is 0 Å². The minimum absolute atomic E-state index is 0.685. The molecule has 0 aliphatic rings. The van der Waals surface area contributed by atoms with E-state index in [-0.39, 0.29) is 0 Å². The minimum Gasteiger partial charge on any atom is -0.456 e. The fraction of sp³-hybridized carbons (Fsp3) is 0. The highest BCUT2D eigenvalue weighted by Crippen LogP contribution is 2.42. The number of fused-ring (bicyclic) bond motifs is 9. The van der Waals surface area contributed by atoms with Crippen molar-refractivity contribution in [3.05, 3.63) is 218 Å². The van der Waals surface area contributed by atoms with Gasteiger partial charge in [-0.2, -0.15) is 0 Å². The summed E-state index contributed by atoms with van der Waals surface area (Å²) in [5, 5.41) is 5.75. The van der Waals surface area contributed by atoms with Crippen LogP contribution >= 0.6 is 0 Å². The Morgan fingerprint density at radius 3 is 1.65 bits per heavy atom. The second-order valence-corrected chi connectivity index (χ2v) is 16.1. The molecule has 0 fully saturated rings. The molecule has 0 aliphatic carbocycles. The van der Waals surface area contributed by atoms with Crippen molar-refractivity contribution in [1.29, 1.82) is 0 Å². The molecule has 294 valence electrons. The molecule has 5 heteroatoms. The van der Waals surface area contributed by atoms with Gasteiger partial charge < -0.3 is 13.6 Å². The molecule has 0 bridgehead atoms. The third kappa shape index (κ3) is 5.57. The first-order chi connectivity index (χ1) is 31.2. The molecule has 0 saturated heterocycles. The van der Waals surface area contributed by atoms with Crippen LogP contribution in [0.5, 0.6) is 0 Å². The molecule has 0 radical (unpaired) electrons. The van der Waals surface area contributed by atoms with E-state index in [9.17, 15) is 0 Å². The molecule has 63 heavy (non-hydrogen) atoms. The molecule has 0 spiro atoms. The van der Waals surface area contributed by atoms with Gasteiger partial charge in [0.1, 0.15) is 16.7 Å². The molecule has 9 aromatic carbocycles. The Morgan fingerprint density at radius 1 is 0.349 bits per heavy atom. The molecule has 5 nitrogen and oxygen atoms in total. The van der Waals surface area contributed by atoms with Gasteiger partial charge in [-0.25, -0.2) is 9.97 Å². The van der Waals surface area contributed by atoms with E-state index in [2.05, 4.69) is 191 Å². The number of hydrogen-bond donors (Lipinski definition) is 0. The zero-order valence-corrected chi connectivity index (χ0v) is 34.0. The van der Waals surface area contributed by atoms with E-state index in [0.29, 0.717) is 5.82 Å². The number of nitrogens with zero attached hydrogens (tertiary/aromatic N) is 4. The van der Waals surface area contributed by atoms with Crippen molar-refractivity contribution in [1.82, 2.24) is 19.1 Å². The van der Waals surface area contributed by atoms with Gasteiger partial charge >= 0.3 is 0 Å². The van der Waals surface area contributed by atoms with Gasteiger partial charge in [-0.1, -0.05) is 152 Å². The summed E-state index contributed by atoms with van der Waals surface area (Å²) in [7, 11) is 0. The molecule has 0 unspecified atom stereocenters. The molecule has 0 N–H and O–H groups in total. The lowest BCUT2D eigenvalue weighted by atomic mass is 9.97. The summed E-state index contributed by atoms with van der Waals surface area (Å²) in [6.07, 6.45) is 0. The zero-order chi connectivity index (χ0) is 41.4. The Hall–Kier alpha value is -8.54. The molecule has 0 aliphatic heterocycles. The molecule has 13 rings (SSSR count). The van der Waals surface area contributed by atoms with Crippen LogP contribution in [0.1, 0.15) is 0 Å². The van der Waals surface area contributed by atoms with Crippen molar-refractivity contribution < 1.29 is 4.42 Å². The molecule has 4 aromatic heterocycles. The predicted molar refractivity (Wildman–Crippen MR) is 260 cm³/mol. The summed E-state index contributed by atoms with van der Waals surface area (Å²) in [6.45, 7) is 0. The number of hydrogen-bond acceptors (Lipinski definition) is 3. The Bertz CT molecular complexity index is 3880. The topological polar surface area (TPSA) is 48.8 Å². The number of para-hydroxylation sites is 4. The van der Waals surface area contributed by atoms with Gasteiger partial charge in [0, 0.05) is 49.4 Å². The molecular formula is C58H36N4O. The van der Waals surface area contributed by atoms with Crippen LogP contribution < -0.4 is 0 Å². The van der Waals surface area contributed by atoms with Gasteiger partial charge in [-0.05, 0) is 89.0 Å². The van der Waals surface area contributed by atoms with Crippen LogP contribution in [0.3, 0.4) is 0 Å². The standard InChI is InChI=1S/C58H36N4O/c1-4-15-39(16-5-1)58-59-55(38-29-27-37(28-30-38)44-23-14-26-53-54(44)46-22-11-13-25-52(46)63-53)57-56(60-58)48-36-41(32-34-51(48)62(57)43-19-8-3-9-20-43)40-31-33-50-47(35-40)45-21-10-12-24-49(45)61(50)42-17-6-2-7-18-42/h1-36H. The second-order valence-electron chi connectivity index (χ2n) is 16.1. The quantitative estimate of drug-likeness (QED) is 0.168. The first-order valence-electron chi connectivity index (χ1n) is 21.3. The molecular weight excluding hydrogens is 769 g/mol. The highest BCUT2D eigenvalue weighted by atomic mass is 16.3. The fourth-order valence-electron chi connectivity index (χ4n) is 9.67. The molecule has 0 amide bonds. The first kappa shape index (κ1) is 35.2. The number of benzene rings is 9. The van der Waals surface area contributed by atoms with E-state index < -0.39 is 0 Å².